The van der Waals surface area contributed by atoms with Crippen molar-refractivity contribution in [2.24, 2.45) is 4.99 Å². The first-order chi connectivity index (χ1) is 14.1. The van der Waals surface area contributed by atoms with Crippen LogP contribution in [0.2, 0.25) is 0 Å². The van der Waals surface area contributed by atoms with E-state index in [0.29, 0.717) is 0 Å². The molecule has 1 saturated heterocycles. The molecule has 0 amide bonds. The summed E-state index contributed by atoms with van der Waals surface area (Å²) in [6.07, 6.45) is 13.0. The number of nitrogens with zero attached hydrogens (tertiary/aromatic N) is 6. The van der Waals surface area contributed by atoms with Crippen molar-refractivity contribution in [3.63, 3.8) is 0 Å². The van der Waals surface area contributed by atoms with E-state index in [2.05, 4.69) is 80.8 Å². The lowest BCUT2D eigenvalue weighted by Gasteiger charge is -2.38. The highest BCUT2D eigenvalue weighted by molar-refractivity contribution is 6.00. The van der Waals surface area contributed by atoms with Crippen LogP contribution < -0.4 is 0 Å². The van der Waals surface area contributed by atoms with Crippen molar-refractivity contribution in [1.82, 2.24) is 24.1 Å². The molecule has 2 aromatic heterocycles. The predicted octanol–water partition coefficient (Wildman–Crippen LogP) is 3.05. The van der Waals surface area contributed by atoms with Crippen LogP contribution in [0.3, 0.4) is 0 Å². The van der Waals surface area contributed by atoms with Crippen LogP contribution in [0.15, 0.2) is 53.6 Å². The third kappa shape index (κ3) is 3.38. The minimum absolute atomic E-state index is 0.844. The number of aryl methyl sites for hydroxylation is 2. The van der Waals surface area contributed by atoms with Crippen molar-refractivity contribution in [1.29, 1.82) is 0 Å². The highest BCUT2D eigenvalue weighted by Gasteiger charge is 2.22. The Bertz CT molecular complexity index is 1060. The van der Waals surface area contributed by atoms with Gasteiger partial charge in [0, 0.05) is 56.9 Å². The number of aliphatic imine (C=N–C) groups is 1. The summed E-state index contributed by atoms with van der Waals surface area (Å²) in [5, 5.41) is 0. The number of hydrogen-bond donors (Lipinski definition) is 0. The first kappa shape index (κ1) is 18.2. The molecule has 3 aliphatic heterocycles. The van der Waals surface area contributed by atoms with Gasteiger partial charge in [-0.3, -0.25) is 0 Å². The van der Waals surface area contributed by atoms with Gasteiger partial charge in [0.2, 0.25) is 0 Å². The number of allylic oxidation sites excluding steroid dienone is 1. The fraction of sp³-hybridized carbons (Fsp3) is 0.391. The lowest BCUT2D eigenvalue weighted by molar-refractivity contribution is 0.167. The van der Waals surface area contributed by atoms with Gasteiger partial charge in [0.15, 0.2) is 0 Å². The van der Waals surface area contributed by atoms with Gasteiger partial charge < -0.3 is 19.1 Å². The second kappa shape index (κ2) is 7.19. The summed E-state index contributed by atoms with van der Waals surface area (Å²) in [5.41, 5.74) is 6.69. The van der Waals surface area contributed by atoms with Gasteiger partial charge in [0.05, 0.1) is 17.1 Å². The summed E-state index contributed by atoms with van der Waals surface area (Å²) in [4.78, 5) is 16.8. The van der Waals surface area contributed by atoms with Crippen molar-refractivity contribution >= 4 is 17.2 Å². The number of imidazole rings is 1. The van der Waals surface area contributed by atoms with Crippen molar-refractivity contribution < 1.29 is 0 Å². The largest absolute Gasteiger partial charge is 0.368 e. The van der Waals surface area contributed by atoms with E-state index in [0.717, 1.165) is 67.7 Å². The van der Waals surface area contributed by atoms with Crippen molar-refractivity contribution in [3.8, 4) is 0 Å². The summed E-state index contributed by atoms with van der Waals surface area (Å²) in [6.45, 7) is 12.8. The highest BCUT2D eigenvalue weighted by atomic mass is 15.3. The number of likely N-dealkylation sites (N-methyl/N-ethyl adjacent to an activating group) is 1. The SMILES string of the molecule is CCN1CCN(C2=CN3CC=C(c4cc(C)c5nc(C)cn5c4)N=C3C=C2)CC1. The Morgan fingerprint density at radius 2 is 1.86 bits per heavy atom. The number of hydrogen-bond acceptors (Lipinski definition) is 5. The number of pyridine rings is 1. The topological polar surface area (TPSA) is 39.4 Å². The van der Waals surface area contributed by atoms with E-state index in [-0.39, 0.29) is 0 Å². The van der Waals surface area contributed by atoms with Crippen LogP contribution in [0.5, 0.6) is 0 Å². The summed E-state index contributed by atoms with van der Waals surface area (Å²) < 4.78 is 2.11. The molecule has 5 rings (SSSR count). The van der Waals surface area contributed by atoms with Crippen LogP contribution in [0.4, 0.5) is 0 Å². The zero-order chi connectivity index (χ0) is 20.0. The Labute approximate surface area is 172 Å². The summed E-state index contributed by atoms with van der Waals surface area (Å²) in [6, 6.07) is 2.19. The van der Waals surface area contributed by atoms with Crippen molar-refractivity contribution in [3.05, 3.63) is 65.4 Å². The molecule has 0 unspecified atom stereocenters. The molecule has 3 aliphatic rings. The molecule has 0 aromatic carbocycles. The minimum atomic E-state index is 0.844. The average molecular weight is 389 g/mol. The zero-order valence-electron chi connectivity index (χ0n) is 17.5. The molecule has 0 radical (unpaired) electrons. The highest BCUT2D eigenvalue weighted by Crippen LogP contribution is 2.26. The maximum Gasteiger partial charge on any atom is 0.139 e. The molecule has 0 atom stereocenters. The van der Waals surface area contributed by atoms with E-state index in [1.807, 2.05) is 6.92 Å². The number of piperazine rings is 1. The molecular weight excluding hydrogens is 360 g/mol. The smallest absolute Gasteiger partial charge is 0.139 e. The Kier molecular flexibility index (Phi) is 4.51. The van der Waals surface area contributed by atoms with E-state index in [1.54, 1.807) is 0 Å². The molecule has 0 bridgehead atoms. The van der Waals surface area contributed by atoms with Gasteiger partial charge in [0.1, 0.15) is 11.5 Å². The van der Waals surface area contributed by atoms with Gasteiger partial charge >= 0.3 is 0 Å². The Balaban J connectivity index is 1.36. The quantitative estimate of drug-likeness (QED) is 0.810. The number of rotatable bonds is 3. The Morgan fingerprint density at radius 1 is 1.03 bits per heavy atom. The second-order valence-electron chi connectivity index (χ2n) is 8.05. The molecule has 150 valence electrons. The third-order valence-corrected chi connectivity index (χ3v) is 6.04. The van der Waals surface area contributed by atoms with Crippen LogP contribution >= 0.6 is 0 Å². The fourth-order valence-corrected chi connectivity index (χ4v) is 4.35. The van der Waals surface area contributed by atoms with Gasteiger partial charge in [-0.1, -0.05) is 6.92 Å². The second-order valence-corrected chi connectivity index (χ2v) is 8.05. The number of amidine groups is 1. The van der Waals surface area contributed by atoms with Crippen LogP contribution in [0.25, 0.3) is 11.3 Å². The van der Waals surface area contributed by atoms with Gasteiger partial charge in [-0.15, -0.1) is 0 Å². The van der Waals surface area contributed by atoms with Gasteiger partial charge in [-0.05, 0) is 50.3 Å². The molecule has 6 nitrogen and oxygen atoms in total. The maximum atomic E-state index is 4.95. The van der Waals surface area contributed by atoms with Crippen molar-refractivity contribution in [2.75, 3.05) is 39.3 Å². The third-order valence-electron chi connectivity index (χ3n) is 6.04. The normalized spacial score (nSPS) is 19.9. The Morgan fingerprint density at radius 3 is 2.66 bits per heavy atom. The van der Waals surface area contributed by atoms with Crippen LogP contribution in [-0.4, -0.2) is 69.2 Å². The molecule has 1 fully saturated rings. The standard InChI is InChI=1S/C23H28N6/c1-4-26-9-11-27(12-10-26)20-5-6-22-25-21(7-8-28(22)16-20)19-13-17(2)23-24-18(3)14-29(23)15-19/h5-7,13-16H,4,8-12H2,1-3H3. The Hall–Kier alpha value is -2.86. The molecular formula is C23H28N6. The summed E-state index contributed by atoms with van der Waals surface area (Å²) >= 11 is 0. The first-order valence-corrected chi connectivity index (χ1v) is 10.5. The van der Waals surface area contributed by atoms with E-state index in [1.165, 1.54) is 11.3 Å². The lowest BCUT2D eigenvalue weighted by atomic mass is 10.1. The van der Waals surface area contributed by atoms with Crippen LogP contribution in [-0.2, 0) is 0 Å². The van der Waals surface area contributed by atoms with E-state index < -0.39 is 0 Å². The first-order valence-electron chi connectivity index (χ1n) is 10.5. The molecule has 0 saturated carbocycles. The van der Waals surface area contributed by atoms with Gasteiger partial charge in [-0.25, -0.2) is 9.98 Å². The summed E-state index contributed by atoms with van der Waals surface area (Å²) in [7, 11) is 0. The number of aromatic nitrogens is 2. The molecule has 2 aromatic rings. The monoisotopic (exact) mass is 388 g/mol. The zero-order valence-corrected chi connectivity index (χ0v) is 17.5. The average Bonchev–Trinajstić information content (AvgIpc) is 3.14. The number of fused-ring (bicyclic) bond motifs is 2. The van der Waals surface area contributed by atoms with Crippen LogP contribution in [0.1, 0.15) is 23.7 Å². The van der Waals surface area contributed by atoms with Gasteiger partial charge in [0.25, 0.3) is 0 Å². The maximum absolute atomic E-state index is 4.95. The predicted molar refractivity (Wildman–Crippen MR) is 118 cm³/mol. The molecule has 29 heavy (non-hydrogen) atoms. The molecule has 0 aliphatic carbocycles. The van der Waals surface area contributed by atoms with E-state index in [9.17, 15) is 0 Å². The van der Waals surface area contributed by atoms with Crippen molar-refractivity contribution in [2.45, 2.75) is 20.8 Å². The van der Waals surface area contributed by atoms with E-state index >= 15 is 0 Å². The van der Waals surface area contributed by atoms with Gasteiger partial charge in [-0.2, -0.15) is 0 Å². The summed E-state index contributed by atoms with van der Waals surface area (Å²) in [5.74, 6) is 1.01. The van der Waals surface area contributed by atoms with E-state index in [4.69, 9.17) is 4.99 Å². The fourth-order valence-electron chi connectivity index (χ4n) is 4.35. The minimum Gasteiger partial charge on any atom is -0.368 e. The molecule has 0 N–H and O–H groups in total. The lowest BCUT2D eigenvalue weighted by Crippen LogP contribution is -2.46. The molecule has 0 spiro atoms. The molecule has 6 heteroatoms. The molecule has 5 heterocycles. The van der Waals surface area contributed by atoms with Crippen LogP contribution in [0, 0.1) is 13.8 Å².